The van der Waals surface area contributed by atoms with Crippen LogP contribution in [0.3, 0.4) is 0 Å². The second-order valence-electron chi connectivity index (χ2n) is 10.6. The van der Waals surface area contributed by atoms with Gasteiger partial charge in [-0.3, -0.25) is 9.59 Å². The van der Waals surface area contributed by atoms with Crippen molar-refractivity contribution in [2.75, 3.05) is 13.1 Å². The van der Waals surface area contributed by atoms with Crippen molar-refractivity contribution < 1.29 is 34.1 Å². The van der Waals surface area contributed by atoms with Crippen LogP contribution in [-0.2, 0) is 27.4 Å². The molecule has 224 valence electrons. The lowest BCUT2D eigenvalue weighted by atomic mass is 9.99. The van der Waals surface area contributed by atoms with E-state index in [1.54, 1.807) is 24.3 Å². The topological polar surface area (TPSA) is 157 Å². The maximum absolute atomic E-state index is 13.3. The summed E-state index contributed by atoms with van der Waals surface area (Å²) in [4.78, 5) is 51.5. The van der Waals surface area contributed by atoms with Gasteiger partial charge in [0, 0.05) is 12.6 Å². The lowest BCUT2D eigenvalue weighted by molar-refractivity contribution is -0.140. The van der Waals surface area contributed by atoms with Gasteiger partial charge in [-0.25, -0.2) is 9.59 Å². The molecular weight excluding hydrogens is 528 g/mol. The highest BCUT2D eigenvalue weighted by Gasteiger charge is 2.31. The van der Waals surface area contributed by atoms with Crippen LogP contribution in [0, 0.1) is 5.92 Å². The van der Waals surface area contributed by atoms with E-state index in [2.05, 4.69) is 16.0 Å². The number of aliphatic carboxylic acids is 1. The molecular formula is C30H42N4O7. The Hall–Kier alpha value is -4.12. The zero-order valence-corrected chi connectivity index (χ0v) is 24.1. The number of hydrogen-bond donors (Lipinski definition) is 5. The molecule has 0 aliphatic heterocycles. The van der Waals surface area contributed by atoms with Crippen molar-refractivity contribution in [3.8, 4) is 0 Å². The number of carboxylic acid groups (broad SMARTS) is 1. The molecule has 4 amide bonds. The lowest BCUT2D eigenvalue weighted by Crippen LogP contribution is -2.57. The van der Waals surface area contributed by atoms with Gasteiger partial charge in [0.1, 0.15) is 12.6 Å². The Kier molecular flexibility index (Phi) is 13.6. The van der Waals surface area contributed by atoms with Gasteiger partial charge >= 0.3 is 18.1 Å². The molecule has 2 aromatic carbocycles. The molecule has 2 rings (SSSR count). The van der Waals surface area contributed by atoms with Crippen LogP contribution in [0.1, 0.15) is 45.2 Å². The van der Waals surface area contributed by atoms with E-state index in [1.807, 2.05) is 64.1 Å². The van der Waals surface area contributed by atoms with Crippen LogP contribution >= 0.6 is 0 Å². The zero-order valence-electron chi connectivity index (χ0n) is 24.1. The van der Waals surface area contributed by atoms with Crippen LogP contribution in [0.4, 0.5) is 9.59 Å². The third kappa shape index (κ3) is 12.3. The highest BCUT2D eigenvalue weighted by Crippen LogP contribution is 2.11. The number of carboxylic acids is 1. The molecule has 0 heterocycles. The van der Waals surface area contributed by atoms with Crippen LogP contribution in [-0.4, -0.2) is 76.4 Å². The van der Waals surface area contributed by atoms with E-state index in [-0.39, 0.29) is 37.6 Å². The lowest BCUT2D eigenvalue weighted by Gasteiger charge is -2.33. The molecule has 11 heteroatoms. The average molecular weight is 571 g/mol. The number of carbonyl (C=O) groups is 4. The summed E-state index contributed by atoms with van der Waals surface area (Å²) in [6, 6.07) is 15.1. The second-order valence-corrected chi connectivity index (χ2v) is 10.6. The number of aliphatic hydroxyl groups excluding tert-OH is 1. The van der Waals surface area contributed by atoms with Crippen molar-refractivity contribution in [2.24, 2.45) is 5.92 Å². The van der Waals surface area contributed by atoms with Crippen LogP contribution in [0.25, 0.3) is 0 Å². The number of ether oxygens (including phenoxy) is 1. The van der Waals surface area contributed by atoms with Crippen molar-refractivity contribution in [1.29, 1.82) is 0 Å². The second kappa shape index (κ2) is 16.9. The number of amides is 4. The van der Waals surface area contributed by atoms with Crippen molar-refractivity contribution in [1.82, 2.24) is 20.9 Å². The van der Waals surface area contributed by atoms with Gasteiger partial charge in [-0.15, -0.1) is 0 Å². The van der Waals surface area contributed by atoms with Crippen molar-refractivity contribution >= 4 is 24.0 Å². The molecule has 5 N–H and O–H groups in total. The summed E-state index contributed by atoms with van der Waals surface area (Å²) in [5.74, 6) is -1.87. The number of nitrogens with zero attached hydrogens (tertiary/aromatic N) is 1. The molecule has 11 nitrogen and oxygen atoms in total. The fraction of sp³-hybridized carbons (Fsp3) is 0.467. The van der Waals surface area contributed by atoms with E-state index in [0.29, 0.717) is 6.54 Å². The summed E-state index contributed by atoms with van der Waals surface area (Å²) < 4.78 is 5.16. The molecule has 3 atom stereocenters. The van der Waals surface area contributed by atoms with Crippen LogP contribution < -0.4 is 16.0 Å². The number of alkyl carbamates (subject to hydrolysis) is 1. The van der Waals surface area contributed by atoms with E-state index in [0.717, 1.165) is 11.1 Å². The number of rotatable bonds is 15. The predicted octanol–water partition coefficient (Wildman–Crippen LogP) is 2.92. The average Bonchev–Trinajstić information content (AvgIpc) is 2.93. The molecule has 0 unspecified atom stereocenters. The first-order valence-corrected chi connectivity index (χ1v) is 13.7. The fourth-order valence-corrected chi connectivity index (χ4v) is 3.98. The van der Waals surface area contributed by atoms with Gasteiger partial charge in [-0.1, -0.05) is 74.5 Å². The van der Waals surface area contributed by atoms with Gasteiger partial charge in [-0.05, 0) is 37.3 Å². The summed E-state index contributed by atoms with van der Waals surface area (Å²) in [5.41, 5.74) is 1.53. The normalized spacial score (nSPS) is 13.1. The summed E-state index contributed by atoms with van der Waals surface area (Å²) in [6.07, 6.45) is -2.66. The van der Waals surface area contributed by atoms with Gasteiger partial charge in [0.2, 0.25) is 5.91 Å². The van der Waals surface area contributed by atoms with Crippen LogP contribution in [0.5, 0.6) is 0 Å². The molecule has 2 aromatic rings. The zero-order chi connectivity index (χ0) is 30.4. The van der Waals surface area contributed by atoms with E-state index in [4.69, 9.17) is 4.74 Å². The van der Waals surface area contributed by atoms with Crippen molar-refractivity contribution in [3.05, 3.63) is 71.8 Å². The highest BCUT2D eigenvalue weighted by molar-refractivity contribution is 5.89. The van der Waals surface area contributed by atoms with Gasteiger partial charge in [0.25, 0.3) is 0 Å². The van der Waals surface area contributed by atoms with Gasteiger partial charge in [0.05, 0.1) is 25.1 Å². The minimum absolute atomic E-state index is 0.0622. The van der Waals surface area contributed by atoms with E-state index >= 15 is 0 Å². The Bertz CT molecular complexity index is 1110. The predicted molar refractivity (Wildman–Crippen MR) is 154 cm³/mol. The molecule has 0 aliphatic carbocycles. The molecule has 0 spiro atoms. The molecule has 0 aliphatic rings. The Labute approximate surface area is 241 Å². The molecule has 0 saturated carbocycles. The highest BCUT2D eigenvalue weighted by atomic mass is 16.5. The maximum Gasteiger partial charge on any atom is 0.408 e. The Balaban J connectivity index is 2.18. The molecule has 0 radical (unpaired) electrons. The number of nitrogens with one attached hydrogen (secondary N) is 3. The molecule has 41 heavy (non-hydrogen) atoms. The number of benzene rings is 2. The van der Waals surface area contributed by atoms with Gasteiger partial charge in [-0.2, -0.15) is 0 Å². The standard InChI is InChI=1S/C30H42N4O7/c1-20(2)17-31-29(39)34(21(3)4)18-26(35)24(15-22-11-7-5-8-12-22)32-28(38)25(16-27(36)37)33-30(40)41-19-23-13-9-6-10-14-23/h5-14,20-21,24-26,35H,15-19H2,1-4H3,(H,31,39)(H,32,38)(H,33,40)(H,36,37)/t24-,25-,26+/m0/s1. The summed E-state index contributed by atoms with van der Waals surface area (Å²) in [5, 5.41) is 28.5. The number of carbonyl (C=O) groups excluding carboxylic acids is 3. The van der Waals surface area contributed by atoms with Gasteiger partial charge in [0.15, 0.2) is 0 Å². The third-order valence-electron chi connectivity index (χ3n) is 6.22. The Morgan fingerprint density at radius 1 is 0.878 bits per heavy atom. The first kappa shape index (κ1) is 33.1. The van der Waals surface area contributed by atoms with E-state index < -0.39 is 42.6 Å². The SMILES string of the molecule is CC(C)CNC(=O)N(C[C@@H](O)[C@H](Cc1ccccc1)NC(=O)[C@H](CC(=O)O)NC(=O)OCc1ccccc1)C(C)C. The largest absolute Gasteiger partial charge is 0.481 e. The van der Waals surface area contributed by atoms with E-state index in [1.165, 1.54) is 4.90 Å². The summed E-state index contributed by atoms with van der Waals surface area (Å²) >= 11 is 0. The van der Waals surface area contributed by atoms with Crippen LogP contribution in [0.2, 0.25) is 0 Å². The molecule has 0 saturated heterocycles. The number of hydrogen-bond acceptors (Lipinski definition) is 6. The smallest absolute Gasteiger partial charge is 0.408 e. The minimum atomic E-state index is -1.46. The quantitative estimate of drug-likeness (QED) is 0.220. The van der Waals surface area contributed by atoms with E-state index in [9.17, 15) is 29.4 Å². The minimum Gasteiger partial charge on any atom is -0.481 e. The molecule has 0 fully saturated rings. The maximum atomic E-state index is 13.3. The third-order valence-corrected chi connectivity index (χ3v) is 6.22. The summed E-state index contributed by atoms with van der Waals surface area (Å²) in [6.45, 7) is 7.90. The summed E-state index contributed by atoms with van der Waals surface area (Å²) in [7, 11) is 0. The number of urea groups is 1. The Morgan fingerprint density at radius 3 is 2.00 bits per heavy atom. The first-order valence-electron chi connectivity index (χ1n) is 13.7. The van der Waals surface area contributed by atoms with Gasteiger partial charge < -0.3 is 35.8 Å². The first-order chi connectivity index (χ1) is 19.5. The fourth-order valence-electron chi connectivity index (χ4n) is 3.98. The van der Waals surface area contributed by atoms with Crippen molar-refractivity contribution in [3.63, 3.8) is 0 Å². The van der Waals surface area contributed by atoms with Crippen molar-refractivity contribution in [2.45, 2.75) is 71.4 Å². The Morgan fingerprint density at radius 2 is 1.46 bits per heavy atom. The monoisotopic (exact) mass is 570 g/mol. The van der Waals surface area contributed by atoms with Crippen LogP contribution in [0.15, 0.2) is 60.7 Å². The molecule has 0 bridgehead atoms. The molecule has 0 aromatic heterocycles. The number of aliphatic hydroxyl groups is 1.